The number of nitrogens with one attached hydrogen (secondary N) is 2. The molecular formula is C16H12I2N2O7P2. The van der Waals surface area contributed by atoms with E-state index in [1.54, 1.807) is 24.3 Å². The van der Waals surface area contributed by atoms with Gasteiger partial charge >= 0.3 is 15.6 Å². The molecule has 4 rings (SSSR count). The quantitative estimate of drug-likeness (QED) is 0.158. The van der Waals surface area contributed by atoms with Gasteiger partial charge in [-0.2, -0.15) is 4.31 Å². The van der Waals surface area contributed by atoms with Crippen molar-refractivity contribution >= 4 is 82.6 Å². The monoisotopic (exact) mass is 660 g/mol. The van der Waals surface area contributed by atoms with Gasteiger partial charge in [-0.05, 0) is 81.6 Å². The summed E-state index contributed by atoms with van der Waals surface area (Å²) in [5.74, 6) is 0.0111. The van der Waals surface area contributed by atoms with Crippen molar-refractivity contribution < 1.29 is 32.3 Å². The Kier molecular flexibility index (Phi) is 5.75. The number of H-pyrrole nitrogens is 2. The Labute approximate surface area is 191 Å². The summed E-state index contributed by atoms with van der Waals surface area (Å²) in [4.78, 5) is 25.8. The van der Waals surface area contributed by atoms with E-state index >= 15 is 0 Å². The van der Waals surface area contributed by atoms with Gasteiger partial charge in [0.05, 0.1) is 0 Å². The molecule has 2 heterocycles. The fourth-order valence-corrected chi connectivity index (χ4v) is 5.79. The van der Waals surface area contributed by atoms with E-state index in [-0.39, 0.29) is 11.5 Å². The molecule has 0 aliphatic carbocycles. The number of benzene rings is 2. The number of aromatic amines is 2. The lowest BCUT2D eigenvalue weighted by molar-refractivity contribution is 0.235. The lowest BCUT2D eigenvalue weighted by atomic mass is 10.2. The zero-order valence-corrected chi connectivity index (χ0v) is 20.3. The lowest BCUT2D eigenvalue weighted by Gasteiger charge is -2.16. The van der Waals surface area contributed by atoms with E-state index < -0.39 is 15.6 Å². The van der Waals surface area contributed by atoms with Crippen LogP contribution in [0.25, 0.3) is 21.8 Å². The summed E-state index contributed by atoms with van der Waals surface area (Å²) in [5, 5.41) is 1.05. The van der Waals surface area contributed by atoms with Crippen LogP contribution in [0.1, 0.15) is 0 Å². The number of aromatic nitrogens is 2. The van der Waals surface area contributed by atoms with E-state index in [1.165, 1.54) is 12.4 Å². The molecule has 2 aromatic carbocycles. The van der Waals surface area contributed by atoms with Crippen LogP contribution in [0.15, 0.2) is 48.8 Å². The maximum atomic E-state index is 12.3. The number of fused-ring (bicyclic) bond motifs is 2. The van der Waals surface area contributed by atoms with Crippen LogP contribution in [0.3, 0.4) is 0 Å². The highest BCUT2D eigenvalue weighted by Crippen LogP contribution is 2.60. The van der Waals surface area contributed by atoms with Gasteiger partial charge in [-0.1, -0.05) is 0 Å². The average Bonchev–Trinajstić information content (AvgIpc) is 3.17. The first-order valence-electron chi connectivity index (χ1n) is 7.91. The Morgan fingerprint density at radius 2 is 1.17 bits per heavy atom. The van der Waals surface area contributed by atoms with Gasteiger partial charge in [0.15, 0.2) is 11.5 Å². The topological polar surface area (TPSA) is 134 Å². The summed E-state index contributed by atoms with van der Waals surface area (Å²) < 4.78 is 40.9. The number of rotatable bonds is 6. The van der Waals surface area contributed by atoms with Crippen LogP contribution < -0.4 is 9.05 Å². The number of hydrogen-bond acceptors (Lipinski definition) is 5. The van der Waals surface area contributed by atoms with Crippen molar-refractivity contribution in [2.24, 2.45) is 0 Å². The van der Waals surface area contributed by atoms with E-state index in [2.05, 4.69) is 59.5 Å². The van der Waals surface area contributed by atoms with Gasteiger partial charge in [0, 0.05) is 41.3 Å². The fourth-order valence-electron chi connectivity index (χ4n) is 2.70. The van der Waals surface area contributed by atoms with Gasteiger partial charge < -0.3 is 19.0 Å². The first kappa shape index (κ1) is 21.2. The highest BCUT2D eigenvalue weighted by atomic mass is 127. The average molecular weight is 660 g/mol. The van der Waals surface area contributed by atoms with Crippen LogP contribution in [0, 0.1) is 7.14 Å². The number of phosphoric ester groups is 2. The molecule has 0 bridgehead atoms. The van der Waals surface area contributed by atoms with Crippen LogP contribution in [-0.2, 0) is 13.4 Å². The lowest BCUT2D eigenvalue weighted by Crippen LogP contribution is -2.00. The van der Waals surface area contributed by atoms with Crippen molar-refractivity contribution in [3.05, 3.63) is 55.9 Å². The Morgan fingerprint density at radius 1 is 0.759 bits per heavy atom. The molecular weight excluding hydrogens is 648 g/mol. The van der Waals surface area contributed by atoms with Crippen LogP contribution in [0.4, 0.5) is 0 Å². The first-order valence-corrected chi connectivity index (χ1v) is 13.1. The highest BCUT2D eigenvalue weighted by molar-refractivity contribution is 14.1. The maximum absolute atomic E-state index is 12.3. The molecule has 0 spiro atoms. The van der Waals surface area contributed by atoms with Crippen LogP contribution in [-0.4, -0.2) is 19.8 Å². The van der Waals surface area contributed by atoms with Gasteiger partial charge in [-0.25, -0.2) is 9.13 Å². The van der Waals surface area contributed by atoms with Crippen LogP contribution in [0.5, 0.6) is 11.5 Å². The molecule has 0 radical (unpaired) electrons. The van der Waals surface area contributed by atoms with Gasteiger partial charge in [0.1, 0.15) is 0 Å². The third-order valence-corrected chi connectivity index (χ3v) is 7.69. The van der Waals surface area contributed by atoms with Gasteiger partial charge in [0.2, 0.25) is 0 Å². The van der Waals surface area contributed by atoms with E-state index in [1.807, 2.05) is 12.1 Å². The second kappa shape index (κ2) is 7.88. The van der Waals surface area contributed by atoms with E-state index in [4.69, 9.17) is 9.05 Å². The Bertz CT molecular complexity index is 1220. The normalized spacial score (nSPS) is 15.9. The van der Waals surface area contributed by atoms with Gasteiger partial charge in [-0.15, -0.1) is 0 Å². The highest BCUT2D eigenvalue weighted by Gasteiger charge is 2.38. The van der Waals surface area contributed by atoms with Gasteiger partial charge in [-0.3, -0.25) is 9.79 Å². The predicted molar refractivity (Wildman–Crippen MR) is 124 cm³/mol. The molecule has 0 aliphatic rings. The van der Waals surface area contributed by atoms with E-state index in [9.17, 15) is 18.9 Å². The van der Waals surface area contributed by atoms with Crippen molar-refractivity contribution in [1.82, 2.24) is 9.97 Å². The SMILES string of the molecule is O=P(O)(Oc1c[nH]c2ccc(I)cc12)OP(=O)(O)Oc1c[nH]c2ccc(I)cc12. The number of halogens is 2. The zero-order chi connectivity index (χ0) is 20.8. The Morgan fingerprint density at radius 3 is 1.59 bits per heavy atom. The summed E-state index contributed by atoms with van der Waals surface area (Å²) >= 11 is 4.16. The molecule has 0 fully saturated rings. The summed E-state index contributed by atoms with van der Waals surface area (Å²) in [7, 11) is -9.97. The summed E-state index contributed by atoms with van der Waals surface area (Å²) in [5.41, 5.74) is 1.33. The molecule has 13 heteroatoms. The minimum Gasteiger partial charge on any atom is -0.402 e. The molecule has 2 atom stereocenters. The first-order chi connectivity index (χ1) is 13.6. The molecule has 152 valence electrons. The molecule has 4 aromatic rings. The summed E-state index contributed by atoms with van der Waals surface area (Å²) in [6.07, 6.45) is 2.72. The molecule has 2 aromatic heterocycles. The van der Waals surface area contributed by atoms with Crippen molar-refractivity contribution in [1.29, 1.82) is 0 Å². The molecule has 0 amide bonds. The standard InChI is InChI=1S/C16H12I2N2O7P2/c17-9-1-3-13-11(5-9)15(7-19-13)25-28(21,22)27-29(23,24)26-16-8-20-14-4-2-10(18)6-12(14)16/h1-8,19-20H,(H,21,22)(H,23,24). The smallest absolute Gasteiger partial charge is 0.402 e. The van der Waals surface area contributed by atoms with Crippen molar-refractivity contribution in [2.45, 2.75) is 0 Å². The van der Waals surface area contributed by atoms with Crippen molar-refractivity contribution in [2.75, 3.05) is 0 Å². The molecule has 4 N–H and O–H groups in total. The summed E-state index contributed by atoms with van der Waals surface area (Å²) in [6.45, 7) is 0. The van der Waals surface area contributed by atoms with E-state index in [0.717, 1.165) is 7.14 Å². The molecule has 9 nitrogen and oxygen atoms in total. The Balaban J connectivity index is 1.55. The summed E-state index contributed by atoms with van der Waals surface area (Å²) in [6, 6.07) is 10.7. The minimum absolute atomic E-state index is 0.00555. The van der Waals surface area contributed by atoms with Crippen LogP contribution >= 0.6 is 60.8 Å². The maximum Gasteiger partial charge on any atom is 0.537 e. The number of phosphoric acid groups is 2. The molecule has 29 heavy (non-hydrogen) atoms. The predicted octanol–water partition coefficient (Wildman–Crippen LogP) is 5.53. The zero-order valence-electron chi connectivity index (χ0n) is 14.2. The third-order valence-electron chi connectivity index (χ3n) is 3.85. The minimum atomic E-state index is -4.98. The molecule has 0 saturated carbocycles. The van der Waals surface area contributed by atoms with E-state index in [0.29, 0.717) is 21.8 Å². The molecule has 2 unspecified atom stereocenters. The van der Waals surface area contributed by atoms with Gasteiger partial charge in [0.25, 0.3) is 0 Å². The number of hydrogen-bond donors (Lipinski definition) is 4. The second-order valence-corrected chi connectivity index (χ2v) is 11.3. The van der Waals surface area contributed by atoms with Crippen molar-refractivity contribution in [3.63, 3.8) is 0 Å². The van der Waals surface area contributed by atoms with Crippen molar-refractivity contribution in [3.8, 4) is 11.5 Å². The Hall–Kier alpha value is -1.08. The fraction of sp³-hybridized carbons (Fsp3) is 0. The largest absolute Gasteiger partial charge is 0.537 e. The molecule has 0 saturated heterocycles. The second-order valence-electron chi connectivity index (χ2n) is 5.89. The van der Waals surface area contributed by atoms with Crippen LogP contribution in [0.2, 0.25) is 0 Å². The third kappa shape index (κ3) is 4.82. The molecule has 0 aliphatic heterocycles.